The number of aromatic amines is 1. The van der Waals surface area contributed by atoms with Gasteiger partial charge >= 0.3 is 0 Å². The summed E-state index contributed by atoms with van der Waals surface area (Å²) in [5.41, 5.74) is 6.65. The Balaban J connectivity index is 2.53. The predicted octanol–water partition coefficient (Wildman–Crippen LogP) is 2.54. The van der Waals surface area contributed by atoms with Crippen LogP contribution in [0.15, 0.2) is 24.3 Å². The number of aromatic nitrogens is 1. The number of hydrogen-bond acceptors (Lipinski definition) is 2. The molecular formula is C11H14N2O. The number of para-hydroxylation sites is 1. The van der Waals surface area contributed by atoms with Gasteiger partial charge in [0.15, 0.2) is 0 Å². The zero-order valence-corrected chi connectivity index (χ0v) is 8.37. The number of rotatable bonds is 2. The summed E-state index contributed by atoms with van der Waals surface area (Å²) < 4.78 is 5.65. The second-order valence-corrected chi connectivity index (χ2v) is 3.61. The number of nitrogens with one attached hydrogen (secondary N) is 1. The largest absolute Gasteiger partial charge is 0.489 e. The molecule has 0 saturated heterocycles. The number of anilines is 1. The smallest absolute Gasteiger partial charge is 0.143 e. The maximum Gasteiger partial charge on any atom is 0.143 e. The average molecular weight is 190 g/mol. The van der Waals surface area contributed by atoms with Gasteiger partial charge in [-0.1, -0.05) is 12.1 Å². The Labute approximate surface area is 82.9 Å². The first kappa shape index (κ1) is 8.94. The van der Waals surface area contributed by atoms with Gasteiger partial charge in [-0.05, 0) is 26.0 Å². The number of H-pyrrole nitrogens is 1. The number of hydrogen-bond donors (Lipinski definition) is 2. The first-order valence-electron chi connectivity index (χ1n) is 4.70. The molecule has 74 valence electrons. The summed E-state index contributed by atoms with van der Waals surface area (Å²) >= 11 is 0. The van der Waals surface area contributed by atoms with Crippen LogP contribution in [0.3, 0.4) is 0 Å². The fraction of sp³-hybridized carbons (Fsp3) is 0.273. The van der Waals surface area contributed by atoms with Crippen LogP contribution < -0.4 is 10.5 Å². The topological polar surface area (TPSA) is 51.0 Å². The first-order valence-corrected chi connectivity index (χ1v) is 4.70. The highest BCUT2D eigenvalue weighted by Gasteiger charge is 2.05. The average Bonchev–Trinajstić information content (AvgIpc) is 2.45. The van der Waals surface area contributed by atoms with Crippen molar-refractivity contribution in [2.75, 3.05) is 5.73 Å². The van der Waals surface area contributed by atoms with Crippen LogP contribution in [0.2, 0.25) is 0 Å². The van der Waals surface area contributed by atoms with Gasteiger partial charge in [-0.3, -0.25) is 0 Å². The first-order chi connectivity index (χ1) is 6.66. The third-order valence-electron chi connectivity index (χ3n) is 2.00. The molecule has 14 heavy (non-hydrogen) atoms. The molecule has 0 spiro atoms. The SMILES string of the molecule is CC(C)Oc1cccc2cc(N)[nH]c12. The molecule has 3 heteroatoms. The van der Waals surface area contributed by atoms with Gasteiger partial charge in [0.2, 0.25) is 0 Å². The van der Waals surface area contributed by atoms with E-state index in [2.05, 4.69) is 4.98 Å². The molecule has 0 atom stereocenters. The Kier molecular flexibility index (Phi) is 2.08. The van der Waals surface area contributed by atoms with Crippen molar-refractivity contribution in [2.24, 2.45) is 0 Å². The van der Waals surface area contributed by atoms with Gasteiger partial charge in [0.1, 0.15) is 11.6 Å². The van der Waals surface area contributed by atoms with Crippen LogP contribution in [0.5, 0.6) is 5.75 Å². The molecule has 1 aromatic carbocycles. The summed E-state index contributed by atoms with van der Waals surface area (Å²) in [7, 11) is 0. The van der Waals surface area contributed by atoms with Crippen LogP contribution in [0.1, 0.15) is 13.8 Å². The van der Waals surface area contributed by atoms with Gasteiger partial charge in [-0.15, -0.1) is 0 Å². The second kappa shape index (κ2) is 3.25. The van der Waals surface area contributed by atoms with Crippen molar-refractivity contribution in [3.63, 3.8) is 0 Å². The van der Waals surface area contributed by atoms with E-state index in [-0.39, 0.29) is 6.10 Å². The second-order valence-electron chi connectivity index (χ2n) is 3.61. The standard InChI is InChI=1S/C11H14N2O/c1-7(2)14-9-5-3-4-8-6-10(12)13-11(8)9/h3-7,13H,12H2,1-2H3. The summed E-state index contributed by atoms with van der Waals surface area (Å²) in [5.74, 6) is 1.52. The summed E-state index contributed by atoms with van der Waals surface area (Å²) in [6, 6.07) is 7.82. The highest BCUT2D eigenvalue weighted by Crippen LogP contribution is 2.27. The van der Waals surface area contributed by atoms with E-state index in [1.54, 1.807) is 0 Å². The zero-order chi connectivity index (χ0) is 10.1. The fourth-order valence-corrected chi connectivity index (χ4v) is 1.50. The Morgan fingerprint density at radius 3 is 2.86 bits per heavy atom. The molecule has 0 aliphatic carbocycles. The lowest BCUT2D eigenvalue weighted by atomic mass is 10.2. The quantitative estimate of drug-likeness (QED) is 0.764. The molecule has 0 amide bonds. The Morgan fingerprint density at radius 1 is 1.36 bits per heavy atom. The maximum absolute atomic E-state index is 5.68. The molecule has 3 N–H and O–H groups in total. The summed E-state index contributed by atoms with van der Waals surface area (Å²) in [5, 5.41) is 1.08. The van der Waals surface area contributed by atoms with E-state index in [1.165, 1.54) is 0 Å². The predicted molar refractivity (Wildman–Crippen MR) is 58.5 cm³/mol. The summed E-state index contributed by atoms with van der Waals surface area (Å²) in [6.45, 7) is 4.01. The van der Waals surface area contributed by atoms with Crippen molar-refractivity contribution in [2.45, 2.75) is 20.0 Å². The van der Waals surface area contributed by atoms with Crippen LogP contribution in [0.4, 0.5) is 5.82 Å². The van der Waals surface area contributed by atoms with E-state index in [0.29, 0.717) is 5.82 Å². The molecular weight excluding hydrogens is 176 g/mol. The highest BCUT2D eigenvalue weighted by atomic mass is 16.5. The van der Waals surface area contributed by atoms with E-state index in [4.69, 9.17) is 10.5 Å². The van der Waals surface area contributed by atoms with Gasteiger partial charge in [0.25, 0.3) is 0 Å². The molecule has 2 aromatic rings. The number of ether oxygens (including phenoxy) is 1. The number of benzene rings is 1. The molecule has 2 rings (SSSR count). The van der Waals surface area contributed by atoms with Crippen molar-refractivity contribution < 1.29 is 4.74 Å². The van der Waals surface area contributed by atoms with Gasteiger partial charge < -0.3 is 15.5 Å². The lowest BCUT2D eigenvalue weighted by Crippen LogP contribution is -2.05. The van der Waals surface area contributed by atoms with Crippen LogP contribution in [-0.4, -0.2) is 11.1 Å². The van der Waals surface area contributed by atoms with Gasteiger partial charge in [-0.2, -0.15) is 0 Å². The maximum atomic E-state index is 5.68. The number of fused-ring (bicyclic) bond motifs is 1. The van der Waals surface area contributed by atoms with Crippen LogP contribution in [0.25, 0.3) is 10.9 Å². The van der Waals surface area contributed by atoms with Crippen molar-refractivity contribution >= 4 is 16.7 Å². The van der Waals surface area contributed by atoms with Gasteiger partial charge in [0, 0.05) is 5.39 Å². The minimum atomic E-state index is 0.171. The summed E-state index contributed by atoms with van der Waals surface area (Å²) in [6.07, 6.45) is 0.171. The summed E-state index contributed by atoms with van der Waals surface area (Å²) in [4.78, 5) is 3.09. The third-order valence-corrected chi connectivity index (χ3v) is 2.00. The van der Waals surface area contributed by atoms with Crippen LogP contribution in [-0.2, 0) is 0 Å². The van der Waals surface area contributed by atoms with E-state index in [9.17, 15) is 0 Å². The Morgan fingerprint density at radius 2 is 2.14 bits per heavy atom. The Bertz CT molecular complexity index is 445. The van der Waals surface area contributed by atoms with Crippen molar-refractivity contribution in [1.82, 2.24) is 4.98 Å². The fourth-order valence-electron chi connectivity index (χ4n) is 1.50. The van der Waals surface area contributed by atoms with E-state index < -0.39 is 0 Å². The molecule has 0 aliphatic heterocycles. The molecule has 0 saturated carbocycles. The van der Waals surface area contributed by atoms with E-state index >= 15 is 0 Å². The minimum Gasteiger partial charge on any atom is -0.489 e. The van der Waals surface area contributed by atoms with E-state index in [1.807, 2.05) is 38.1 Å². The lowest BCUT2D eigenvalue weighted by molar-refractivity contribution is 0.245. The van der Waals surface area contributed by atoms with Crippen molar-refractivity contribution in [3.05, 3.63) is 24.3 Å². The van der Waals surface area contributed by atoms with Crippen LogP contribution in [0, 0.1) is 0 Å². The minimum absolute atomic E-state index is 0.171. The molecule has 0 unspecified atom stereocenters. The Hall–Kier alpha value is -1.64. The molecule has 1 heterocycles. The lowest BCUT2D eigenvalue weighted by Gasteiger charge is -2.10. The molecule has 0 fully saturated rings. The van der Waals surface area contributed by atoms with Crippen molar-refractivity contribution in [1.29, 1.82) is 0 Å². The normalized spacial score (nSPS) is 11.1. The molecule has 0 aliphatic rings. The van der Waals surface area contributed by atoms with Crippen molar-refractivity contribution in [3.8, 4) is 5.75 Å². The van der Waals surface area contributed by atoms with Gasteiger partial charge in [0.05, 0.1) is 11.6 Å². The van der Waals surface area contributed by atoms with E-state index in [0.717, 1.165) is 16.7 Å². The molecule has 0 bridgehead atoms. The number of nitrogens with two attached hydrogens (primary N) is 1. The van der Waals surface area contributed by atoms with Crippen LogP contribution >= 0.6 is 0 Å². The van der Waals surface area contributed by atoms with Gasteiger partial charge in [-0.25, -0.2) is 0 Å². The molecule has 0 radical (unpaired) electrons. The third kappa shape index (κ3) is 1.53. The zero-order valence-electron chi connectivity index (χ0n) is 8.37. The highest BCUT2D eigenvalue weighted by molar-refractivity contribution is 5.88. The molecule has 3 nitrogen and oxygen atoms in total. The number of nitrogen functional groups attached to an aromatic ring is 1. The monoisotopic (exact) mass is 190 g/mol. The molecule has 1 aromatic heterocycles.